The zero-order valence-corrected chi connectivity index (χ0v) is 13.2. The zero-order valence-electron chi connectivity index (χ0n) is 12.4. The van der Waals surface area contributed by atoms with Gasteiger partial charge in [0.2, 0.25) is 0 Å². The summed E-state index contributed by atoms with van der Waals surface area (Å²) in [6.07, 6.45) is 0.923. The van der Waals surface area contributed by atoms with Gasteiger partial charge in [-0.2, -0.15) is 0 Å². The average Bonchev–Trinajstić information content (AvgIpc) is 2.83. The van der Waals surface area contributed by atoms with Crippen LogP contribution < -0.4 is 5.32 Å². The predicted molar refractivity (Wildman–Crippen MR) is 80.0 cm³/mol. The number of carboxylic acids is 1. The number of nitrogens with zero attached hydrogens (tertiary/aromatic N) is 1. The van der Waals surface area contributed by atoms with Crippen LogP contribution in [0.15, 0.2) is 11.4 Å². The van der Waals surface area contributed by atoms with Crippen LogP contribution >= 0.6 is 11.3 Å². The van der Waals surface area contributed by atoms with Gasteiger partial charge in [0.15, 0.2) is 0 Å². The Labute approximate surface area is 123 Å². The number of hydrogen-bond acceptors (Lipinski definition) is 3. The summed E-state index contributed by atoms with van der Waals surface area (Å²) < 4.78 is 0. The smallest absolute Gasteiger partial charge is 0.329 e. The number of carbonyl (C=O) groups excluding carboxylic acids is 1. The lowest BCUT2D eigenvalue weighted by Gasteiger charge is -2.34. The summed E-state index contributed by atoms with van der Waals surface area (Å²) in [5.74, 6) is -1.01. The molecule has 0 spiro atoms. The number of aryl methyl sites for hydroxylation is 1. The molecule has 0 radical (unpaired) electrons. The van der Waals surface area contributed by atoms with E-state index in [1.807, 2.05) is 11.4 Å². The monoisotopic (exact) mass is 298 g/mol. The molecule has 0 atom stereocenters. The molecule has 0 aliphatic carbocycles. The van der Waals surface area contributed by atoms with Gasteiger partial charge in [-0.05, 0) is 44.2 Å². The number of aliphatic carboxylic acids is 1. The predicted octanol–water partition coefficient (Wildman–Crippen LogP) is 2.71. The first-order chi connectivity index (χ1) is 9.34. The minimum absolute atomic E-state index is 0.343. The van der Waals surface area contributed by atoms with E-state index in [-0.39, 0.29) is 6.03 Å². The molecular formula is C14H22N2O3S. The van der Waals surface area contributed by atoms with Crippen molar-refractivity contribution in [2.45, 2.75) is 46.2 Å². The number of carboxylic acid groups (broad SMARTS) is 1. The van der Waals surface area contributed by atoms with Gasteiger partial charge >= 0.3 is 12.0 Å². The molecule has 1 heterocycles. The van der Waals surface area contributed by atoms with Crippen molar-refractivity contribution in [1.29, 1.82) is 0 Å². The summed E-state index contributed by atoms with van der Waals surface area (Å²) in [7, 11) is 0. The van der Waals surface area contributed by atoms with Crippen LogP contribution in [0.3, 0.4) is 0 Å². The third-order valence-electron chi connectivity index (χ3n) is 3.38. The molecule has 112 valence electrons. The van der Waals surface area contributed by atoms with E-state index in [2.05, 4.69) is 12.2 Å². The highest BCUT2D eigenvalue weighted by Gasteiger charge is 2.36. The van der Waals surface area contributed by atoms with E-state index >= 15 is 0 Å². The van der Waals surface area contributed by atoms with Crippen LogP contribution in [0.1, 0.15) is 38.1 Å². The molecule has 1 aromatic rings. The van der Waals surface area contributed by atoms with Crippen LogP contribution in [0.5, 0.6) is 0 Å². The molecule has 0 aliphatic rings. The molecule has 6 heteroatoms. The molecule has 1 aromatic heterocycles. The van der Waals surface area contributed by atoms with Crippen molar-refractivity contribution in [1.82, 2.24) is 10.2 Å². The second kappa shape index (κ2) is 6.74. The lowest BCUT2D eigenvalue weighted by molar-refractivity contribution is -0.147. The largest absolute Gasteiger partial charge is 0.480 e. The van der Waals surface area contributed by atoms with Gasteiger partial charge in [0, 0.05) is 11.4 Å². The highest BCUT2D eigenvalue weighted by Crippen LogP contribution is 2.18. The van der Waals surface area contributed by atoms with Crippen molar-refractivity contribution >= 4 is 23.3 Å². The molecule has 0 unspecified atom stereocenters. The minimum Gasteiger partial charge on any atom is -0.480 e. The number of rotatable bonds is 6. The molecule has 1 rings (SSSR count). The normalized spacial score (nSPS) is 11.2. The molecule has 0 saturated carbocycles. The van der Waals surface area contributed by atoms with Crippen molar-refractivity contribution in [3.63, 3.8) is 0 Å². The second-order valence-electron chi connectivity index (χ2n) is 4.99. The van der Waals surface area contributed by atoms with Gasteiger partial charge in [0.05, 0.1) is 6.54 Å². The third-order valence-corrected chi connectivity index (χ3v) is 4.34. The molecule has 0 aliphatic heterocycles. The van der Waals surface area contributed by atoms with Crippen LogP contribution in [0.4, 0.5) is 4.79 Å². The molecule has 2 amide bonds. The quantitative estimate of drug-likeness (QED) is 0.848. The van der Waals surface area contributed by atoms with Gasteiger partial charge in [-0.1, -0.05) is 6.92 Å². The fraction of sp³-hybridized carbons (Fsp3) is 0.571. The average molecular weight is 298 g/mol. The Morgan fingerprint density at radius 3 is 2.55 bits per heavy atom. The van der Waals surface area contributed by atoms with Crippen molar-refractivity contribution in [3.05, 3.63) is 21.9 Å². The van der Waals surface area contributed by atoms with Gasteiger partial charge in [0.1, 0.15) is 5.54 Å². The van der Waals surface area contributed by atoms with E-state index in [0.29, 0.717) is 13.1 Å². The van der Waals surface area contributed by atoms with E-state index in [0.717, 1.165) is 11.3 Å². The number of hydrogen-bond donors (Lipinski definition) is 2. The number of likely N-dealkylation sites (N-methyl/N-ethyl adjacent to an activating group) is 1. The molecule has 5 nitrogen and oxygen atoms in total. The Bertz CT molecular complexity index is 483. The number of amides is 2. The molecular weight excluding hydrogens is 276 g/mol. The lowest BCUT2D eigenvalue weighted by atomic mass is 10.0. The summed E-state index contributed by atoms with van der Waals surface area (Å²) in [5, 5.41) is 14.0. The van der Waals surface area contributed by atoms with Gasteiger partial charge in [-0.15, -0.1) is 11.3 Å². The zero-order chi connectivity index (χ0) is 15.3. The van der Waals surface area contributed by atoms with Gasteiger partial charge in [0.25, 0.3) is 0 Å². The maximum absolute atomic E-state index is 12.2. The first kappa shape index (κ1) is 16.5. The third kappa shape index (κ3) is 3.50. The molecule has 2 N–H and O–H groups in total. The van der Waals surface area contributed by atoms with Crippen molar-refractivity contribution in [2.75, 3.05) is 6.54 Å². The molecule has 0 saturated heterocycles. The first-order valence-corrected chi connectivity index (χ1v) is 7.56. The van der Waals surface area contributed by atoms with Gasteiger partial charge < -0.3 is 15.3 Å². The Hall–Kier alpha value is -1.56. The summed E-state index contributed by atoms with van der Waals surface area (Å²) in [5.41, 5.74) is -0.00199. The highest BCUT2D eigenvalue weighted by molar-refractivity contribution is 7.10. The maximum atomic E-state index is 12.2. The fourth-order valence-electron chi connectivity index (χ4n) is 2.00. The van der Waals surface area contributed by atoms with E-state index in [1.165, 1.54) is 24.3 Å². The van der Waals surface area contributed by atoms with Crippen LogP contribution in [0.2, 0.25) is 0 Å². The van der Waals surface area contributed by atoms with E-state index < -0.39 is 11.5 Å². The van der Waals surface area contributed by atoms with E-state index in [9.17, 15) is 14.7 Å². The molecule has 0 fully saturated rings. The van der Waals surface area contributed by atoms with Crippen molar-refractivity contribution in [3.8, 4) is 0 Å². The summed E-state index contributed by atoms with van der Waals surface area (Å²) in [6.45, 7) is 7.68. The Kier molecular flexibility index (Phi) is 5.56. The second-order valence-corrected chi connectivity index (χ2v) is 5.99. The van der Waals surface area contributed by atoms with Crippen LogP contribution in [0, 0.1) is 0 Å². The summed E-state index contributed by atoms with van der Waals surface area (Å²) in [6, 6.07) is 1.70. The Morgan fingerprint density at radius 2 is 2.05 bits per heavy atom. The Morgan fingerprint density at radius 1 is 1.40 bits per heavy atom. The van der Waals surface area contributed by atoms with E-state index in [4.69, 9.17) is 0 Å². The number of carbonyl (C=O) groups is 2. The summed E-state index contributed by atoms with van der Waals surface area (Å²) >= 11 is 1.60. The molecule has 20 heavy (non-hydrogen) atoms. The highest BCUT2D eigenvalue weighted by atomic mass is 32.1. The van der Waals surface area contributed by atoms with E-state index in [1.54, 1.807) is 18.3 Å². The number of urea groups is 1. The standard InChI is InChI=1S/C14H22N2O3S/c1-5-10-7-8-20-11(10)9-15-13(19)16(6-2)14(3,4)12(17)18/h7-8H,5-6,9H2,1-4H3,(H,15,19)(H,17,18). The summed E-state index contributed by atoms with van der Waals surface area (Å²) in [4.78, 5) is 25.9. The van der Waals surface area contributed by atoms with Gasteiger partial charge in [-0.3, -0.25) is 0 Å². The van der Waals surface area contributed by atoms with Gasteiger partial charge in [-0.25, -0.2) is 9.59 Å². The number of thiophene rings is 1. The number of nitrogens with one attached hydrogen (secondary N) is 1. The van der Waals surface area contributed by atoms with Crippen LogP contribution in [0.25, 0.3) is 0 Å². The van der Waals surface area contributed by atoms with Crippen LogP contribution in [-0.4, -0.2) is 34.1 Å². The lowest BCUT2D eigenvalue weighted by Crippen LogP contribution is -2.55. The first-order valence-electron chi connectivity index (χ1n) is 6.68. The minimum atomic E-state index is -1.22. The van der Waals surface area contributed by atoms with Crippen molar-refractivity contribution < 1.29 is 14.7 Å². The van der Waals surface area contributed by atoms with Crippen LogP contribution in [-0.2, 0) is 17.8 Å². The maximum Gasteiger partial charge on any atom is 0.329 e. The Balaban J connectivity index is 2.72. The SMILES string of the molecule is CCc1ccsc1CNC(=O)N(CC)C(C)(C)C(=O)O. The topological polar surface area (TPSA) is 69.6 Å². The molecule has 0 bridgehead atoms. The molecule has 0 aromatic carbocycles. The van der Waals surface area contributed by atoms with Crippen molar-refractivity contribution in [2.24, 2.45) is 0 Å². The fourth-order valence-corrected chi connectivity index (χ4v) is 2.91.